The van der Waals surface area contributed by atoms with Gasteiger partial charge in [-0.3, -0.25) is 9.88 Å². The molecular formula is C28H32N2O5S. The average molecular weight is 509 g/mol. The van der Waals surface area contributed by atoms with E-state index in [9.17, 15) is 13.2 Å². The molecule has 1 aromatic heterocycles. The first-order valence-corrected chi connectivity index (χ1v) is 13.5. The molecule has 0 atom stereocenters. The molecule has 4 rings (SSSR count). The molecule has 36 heavy (non-hydrogen) atoms. The van der Waals surface area contributed by atoms with Crippen molar-refractivity contribution in [2.45, 2.75) is 51.5 Å². The second-order valence-corrected chi connectivity index (χ2v) is 12.3. The lowest BCUT2D eigenvalue weighted by Crippen LogP contribution is -2.34. The number of ether oxygens (including phenoxy) is 2. The molecule has 0 bridgehead atoms. The number of sulfone groups is 1. The van der Waals surface area contributed by atoms with Crippen molar-refractivity contribution in [2.24, 2.45) is 0 Å². The SMILES string of the molecule is CCS(=O)(=O)c1cccc(-c2cc(N(C)C(=O)OC(C)(C)C)c(OC)c3c2-c2cc(C)cnc2C3)c1. The number of benzene rings is 2. The van der Waals surface area contributed by atoms with Crippen LogP contribution < -0.4 is 9.64 Å². The van der Waals surface area contributed by atoms with E-state index in [1.165, 1.54) is 4.90 Å². The van der Waals surface area contributed by atoms with Gasteiger partial charge in [0.2, 0.25) is 0 Å². The van der Waals surface area contributed by atoms with Gasteiger partial charge in [0, 0.05) is 30.8 Å². The highest BCUT2D eigenvalue weighted by molar-refractivity contribution is 7.91. The Balaban J connectivity index is 2.00. The van der Waals surface area contributed by atoms with Crippen molar-refractivity contribution >= 4 is 21.6 Å². The van der Waals surface area contributed by atoms with Gasteiger partial charge in [0.15, 0.2) is 9.84 Å². The van der Waals surface area contributed by atoms with Crippen LogP contribution in [-0.4, -0.2) is 45.0 Å². The number of nitrogens with zero attached hydrogens (tertiary/aromatic N) is 2. The van der Waals surface area contributed by atoms with E-state index < -0.39 is 21.5 Å². The molecule has 1 heterocycles. The maximum absolute atomic E-state index is 13.0. The molecule has 0 fully saturated rings. The van der Waals surface area contributed by atoms with Gasteiger partial charge in [0.05, 0.1) is 29.1 Å². The number of rotatable bonds is 5. The summed E-state index contributed by atoms with van der Waals surface area (Å²) < 4.78 is 36.8. The molecule has 7 nitrogen and oxygen atoms in total. The first-order chi connectivity index (χ1) is 16.9. The van der Waals surface area contributed by atoms with Gasteiger partial charge in [-0.05, 0) is 74.2 Å². The minimum atomic E-state index is -3.40. The molecule has 0 saturated carbocycles. The summed E-state index contributed by atoms with van der Waals surface area (Å²) in [6.07, 6.45) is 1.85. The lowest BCUT2D eigenvalue weighted by Gasteiger charge is -2.27. The summed E-state index contributed by atoms with van der Waals surface area (Å²) in [5.41, 5.74) is 6.14. The van der Waals surface area contributed by atoms with E-state index in [2.05, 4.69) is 11.1 Å². The Bertz CT molecular complexity index is 1460. The van der Waals surface area contributed by atoms with E-state index >= 15 is 0 Å². The van der Waals surface area contributed by atoms with Crippen LogP contribution in [-0.2, 0) is 21.0 Å². The number of pyridine rings is 1. The minimum absolute atomic E-state index is 0.00968. The van der Waals surface area contributed by atoms with Crippen LogP contribution in [0.4, 0.5) is 10.5 Å². The van der Waals surface area contributed by atoms with E-state index in [1.807, 2.05) is 46.0 Å². The predicted octanol–water partition coefficient (Wildman–Crippen LogP) is 5.80. The van der Waals surface area contributed by atoms with Crippen LogP contribution in [0, 0.1) is 6.92 Å². The first-order valence-electron chi connectivity index (χ1n) is 11.9. The first kappa shape index (κ1) is 25.7. The van der Waals surface area contributed by atoms with Crippen LogP contribution in [0.5, 0.6) is 5.75 Å². The average Bonchev–Trinajstić information content (AvgIpc) is 3.20. The number of carbonyl (C=O) groups excluding carboxylic acids is 1. The van der Waals surface area contributed by atoms with Crippen molar-refractivity contribution in [3.63, 3.8) is 0 Å². The maximum atomic E-state index is 13.0. The second kappa shape index (κ2) is 9.24. The van der Waals surface area contributed by atoms with E-state index in [-0.39, 0.29) is 10.6 Å². The number of hydrogen-bond donors (Lipinski definition) is 0. The molecule has 1 amide bonds. The molecule has 0 N–H and O–H groups in total. The summed E-state index contributed by atoms with van der Waals surface area (Å²) in [4.78, 5) is 19.4. The highest BCUT2D eigenvalue weighted by atomic mass is 32.2. The van der Waals surface area contributed by atoms with Gasteiger partial charge in [-0.25, -0.2) is 13.2 Å². The predicted molar refractivity (Wildman–Crippen MR) is 142 cm³/mol. The molecule has 2 aromatic carbocycles. The van der Waals surface area contributed by atoms with Crippen LogP contribution >= 0.6 is 0 Å². The Kier molecular flexibility index (Phi) is 6.60. The fourth-order valence-corrected chi connectivity index (χ4v) is 5.39. The second-order valence-electron chi connectivity index (χ2n) is 9.98. The van der Waals surface area contributed by atoms with E-state index in [0.717, 1.165) is 39.1 Å². The van der Waals surface area contributed by atoms with Gasteiger partial charge in [0.1, 0.15) is 11.4 Å². The van der Waals surface area contributed by atoms with Gasteiger partial charge in [0.25, 0.3) is 0 Å². The third-order valence-electron chi connectivity index (χ3n) is 6.20. The zero-order valence-electron chi connectivity index (χ0n) is 21.8. The van der Waals surface area contributed by atoms with E-state index in [0.29, 0.717) is 17.9 Å². The number of methoxy groups -OCH3 is 1. The Hall–Kier alpha value is -3.39. The topological polar surface area (TPSA) is 85.8 Å². The normalized spacial score (nSPS) is 12.6. The molecule has 0 spiro atoms. The summed E-state index contributed by atoms with van der Waals surface area (Å²) >= 11 is 0. The summed E-state index contributed by atoms with van der Waals surface area (Å²) in [5, 5.41) is 0. The number of hydrogen-bond acceptors (Lipinski definition) is 6. The monoisotopic (exact) mass is 508 g/mol. The van der Waals surface area contributed by atoms with Gasteiger partial charge >= 0.3 is 6.09 Å². The van der Waals surface area contributed by atoms with Crippen molar-refractivity contribution in [1.82, 2.24) is 4.98 Å². The zero-order chi connectivity index (χ0) is 26.4. The molecule has 0 radical (unpaired) electrons. The Morgan fingerprint density at radius 3 is 2.50 bits per heavy atom. The molecule has 190 valence electrons. The van der Waals surface area contributed by atoms with E-state index in [1.54, 1.807) is 39.3 Å². The molecule has 0 aliphatic heterocycles. The lowest BCUT2D eigenvalue weighted by molar-refractivity contribution is 0.0588. The molecule has 0 unspecified atom stereocenters. The molecule has 1 aliphatic carbocycles. The van der Waals surface area contributed by atoms with Crippen molar-refractivity contribution < 1.29 is 22.7 Å². The molecule has 0 saturated heterocycles. The lowest BCUT2D eigenvalue weighted by atomic mass is 9.92. The third-order valence-corrected chi connectivity index (χ3v) is 7.93. The largest absolute Gasteiger partial charge is 0.494 e. The summed E-state index contributed by atoms with van der Waals surface area (Å²) in [5.74, 6) is 0.575. The summed E-state index contributed by atoms with van der Waals surface area (Å²) in [7, 11) is -0.180. The summed E-state index contributed by atoms with van der Waals surface area (Å²) in [6.45, 7) is 9.06. The maximum Gasteiger partial charge on any atom is 0.414 e. The smallest absolute Gasteiger partial charge is 0.414 e. The zero-order valence-corrected chi connectivity index (χ0v) is 22.6. The van der Waals surface area contributed by atoms with Gasteiger partial charge in [-0.2, -0.15) is 0 Å². The van der Waals surface area contributed by atoms with Crippen molar-refractivity contribution in [3.8, 4) is 28.0 Å². The molecule has 1 aliphatic rings. The Morgan fingerprint density at radius 2 is 1.86 bits per heavy atom. The van der Waals surface area contributed by atoms with Crippen LogP contribution in [0.1, 0.15) is 44.5 Å². The van der Waals surface area contributed by atoms with Gasteiger partial charge in [-0.1, -0.05) is 19.1 Å². The standard InChI is InChI=1S/C28H32N2O5S/c1-8-36(32,33)19-11-9-10-18(13-19)20-15-24(30(6)27(31)35-28(3,4)5)26(34-7)22-14-23-21(25(20)22)12-17(2)16-29-23/h9-13,15-16H,8,14H2,1-7H3. The number of aromatic nitrogens is 1. The quantitative estimate of drug-likeness (QED) is 0.339. The fourth-order valence-electron chi connectivity index (χ4n) is 4.46. The molecular weight excluding hydrogens is 476 g/mol. The Labute approximate surface area is 213 Å². The van der Waals surface area contributed by atoms with Gasteiger partial charge in [-0.15, -0.1) is 0 Å². The highest BCUT2D eigenvalue weighted by Gasteiger charge is 2.32. The van der Waals surface area contributed by atoms with Crippen LogP contribution in [0.15, 0.2) is 47.5 Å². The number of aryl methyl sites for hydroxylation is 1. The van der Waals surface area contributed by atoms with Crippen molar-refractivity contribution in [3.05, 3.63) is 59.4 Å². The Morgan fingerprint density at radius 1 is 1.14 bits per heavy atom. The number of anilines is 1. The fraction of sp³-hybridized carbons (Fsp3) is 0.357. The molecule has 8 heteroatoms. The number of fused-ring (bicyclic) bond motifs is 3. The van der Waals surface area contributed by atoms with Crippen LogP contribution in [0.25, 0.3) is 22.3 Å². The number of amides is 1. The van der Waals surface area contributed by atoms with Crippen LogP contribution in [0.2, 0.25) is 0 Å². The van der Waals surface area contributed by atoms with Crippen molar-refractivity contribution in [2.75, 3.05) is 24.8 Å². The number of carbonyl (C=O) groups is 1. The van der Waals surface area contributed by atoms with E-state index in [4.69, 9.17) is 9.47 Å². The highest BCUT2D eigenvalue weighted by Crippen LogP contribution is 2.50. The summed E-state index contributed by atoms with van der Waals surface area (Å²) in [6, 6.07) is 10.9. The molecule has 3 aromatic rings. The van der Waals surface area contributed by atoms with Gasteiger partial charge < -0.3 is 9.47 Å². The van der Waals surface area contributed by atoms with Crippen LogP contribution in [0.3, 0.4) is 0 Å². The van der Waals surface area contributed by atoms with Crippen molar-refractivity contribution in [1.29, 1.82) is 0 Å². The third kappa shape index (κ3) is 4.69. The minimum Gasteiger partial charge on any atom is -0.494 e.